The van der Waals surface area contributed by atoms with E-state index in [4.69, 9.17) is 15.2 Å². The van der Waals surface area contributed by atoms with E-state index >= 15 is 0 Å². The molecule has 0 atom stereocenters. The van der Waals surface area contributed by atoms with E-state index in [-0.39, 0.29) is 0 Å². The van der Waals surface area contributed by atoms with Gasteiger partial charge in [0.05, 0.1) is 24.8 Å². The lowest BCUT2D eigenvalue weighted by Crippen LogP contribution is -2.14. The van der Waals surface area contributed by atoms with Crippen LogP contribution < -0.4 is 10.5 Å². The molecule has 0 saturated heterocycles. The van der Waals surface area contributed by atoms with Gasteiger partial charge in [-0.25, -0.2) is 4.98 Å². The van der Waals surface area contributed by atoms with Gasteiger partial charge in [0.2, 0.25) is 5.95 Å². The van der Waals surface area contributed by atoms with Gasteiger partial charge in [0.15, 0.2) is 0 Å². The van der Waals surface area contributed by atoms with Crippen molar-refractivity contribution in [3.8, 4) is 5.75 Å². The van der Waals surface area contributed by atoms with Crippen LogP contribution in [-0.2, 0) is 11.3 Å². The number of imidazole rings is 1. The number of hydrogen-bond acceptors (Lipinski definition) is 4. The van der Waals surface area contributed by atoms with Gasteiger partial charge in [-0.3, -0.25) is 0 Å². The normalized spacial score (nSPS) is 15.9. The third kappa shape index (κ3) is 2.97. The number of hydrogen-bond donors (Lipinski definition) is 1. The van der Waals surface area contributed by atoms with Crippen molar-refractivity contribution in [1.82, 2.24) is 9.55 Å². The number of nitrogens with two attached hydrogens (primary N) is 1. The molecule has 1 saturated carbocycles. The van der Waals surface area contributed by atoms with Gasteiger partial charge in [-0.2, -0.15) is 0 Å². The molecule has 0 aliphatic heterocycles. The smallest absolute Gasteiger partial charge is 0.201 e. The van der Waals surface area contributed by atoms with Gasteiger partial charge in [-0.15, -0.1) is 0 Å². The van der Waals surface area contributed by atoms with Crippen LogP contribution in [0, 0.1) is 0 Å². The molecule has 0 radical (unpaired) electrons. The van der Waals surface area contributed by atoms with E-state index < -0.39 is 0 Å². The van der Waals surface area contributed by atoms with E-state index in [1.54, 1.807) is 0 Å². The Labute approximate surface area is 125 Å². The van der Waals surface area contributed by atoms with Crippen LogP contribution >= 0.6 is 0 Å². The number of nitrogen functional groups attached to an aromatic ring is 1. The van der Waals surface area contributed by atoms with Crippen molar-refractivity contribution >= 4 is 17.0 Å². The van der Waals surface area contributed by atoms with Crippen LogP contribution in [0.5, 0.6) is 5.75 Å². The molecule has 1 fully saturated rings. The number of para-hydroxylation sites is 1. The summed E-state index contributed by atoms with van der Waals surface area (Å²) in [5.41, 5.74) is 7.89. The summed E-state index contributed by atoms with van der Waals surface area (Å²) in [6.45, 7) is 4.00. The molecule has 1 heterocycles. The van der Waals surface area contributed by atoms with Crippen molar-refractivity contribution in [2.45, 2.75) is 45.3 Å². The Bertz CT molecular complexity index is 603. The Morgan fingerprint density at radius 3 is 2.90 bits per heavy atom. The molecule has 0 amide bonds. The molecule has 0 spiro atoms. The highest BCUT2D eigenvalue weighted by Gasteiger charge is 2.16. The molecule has 5 nitrogen and oxygen atoms in total. The highest BCUT2D eigenvalue weighted by molar-refractivity contribution is 5.84. The van der Waals surface area contributed by atoms with E-state index in [2.05, 4.69) is 4.98 Å². The fraction of sp³-hybridized carbons (Fsp3) is 0.562. The Kier molecular flexibility index (Phi) is 4.29. The molecule has 1 aromatic heterocycles. The second kappa shape index (κ2) is 6.35. The number of benzene rings is 1. The number of anilines is 1. The molecule has 1 aliphatic carbocycles. The number of ether oxygens (including phenoxy) is 2. The maximum Gasteiger partial charge on any atom is 0.201 e. The van der Waals surface area contributed by atoms with Crippen molar-refractivity contribution in [2.75, 3.05) is 18.9 Å². The topological polar surface area (TPSA) is 62.3 Å². The van der Waals surface area contributed by atoms with Crippen molar-refractivity contribution in [2.24, 2.45) is 0 Å². The number of fused-ring (bicyclic) bond motifs is 1. The number of aromatic nitrogens is 2. The second-order valence-electron chi connectivity index (χ2n) is 5.46. The van der Waals surface area contributed by atoms with Crippen molar-refractivity contribution in [1.29, 1.82) is 0 Å². The summed E-state index contributed by atoms with van der Waals surface area (Å²) in [6.07, 6.45) is 5.39. The Balaban J connectivity index is 1.74. The predicted octanol–water partition coefficient (Wildman–Crippen LogP) is 2.98. The molecule has 2 N–H and O–H groups in total. The highest BCUT2D eigenvalue weighted by Crippen LogP contribution is 2.27. The van der Waals surface area contributed by atoms with Gasteiger partial charge < -0.3 is 19.8 Å². The van der Waals surface area contributed by atoms with E-state index in [1.165, 1.54) is 25.7 Å². The maximum absolute atomic E-state index is 6.05. The van der Waals surface area contributed by atoms with Crippen molar-refractivity contribution < 1.29 is 9.47 Å². The average molecular weight is 289 g/mol. The first-order chi connectivity index (χ1) is 10.3. The zero-order valence-corrected chi connectivity index (χ0v) is 12.5. The quantitative estimate of drug-likeness (QED) is 0.888. The molecule has 0 unspecified atom stereocenters. The molecule has 1 aromatic carbocycles. The molecule has 114 valence electrons. The van der Waals surface area contributed by atoms with E-state index in [9.17, 15) is 0 Å². The molecule has 5 heteroatoms. The highest BCUT2D eigenvalue weighted by atomic mass is 16.5. The minimum atomic E-state index is 0.431. The molecular weight excluding hydrogens is 266 g/mol. The van der Waals surface area contributed by atoms with E-state index in [0.29, 0.717) is 25.3 Å². The lowest BCUT2D eigenvalue weighted by Gasteiger charge is -2.12. The standard InChI is InChI=1S/C16H23N3O2/c1-2-20-14-9-5-8-13-15(14)18-16(17)19(13)10-11-21-12-6-3-4-7-12/h5,8-9,12H,2-4,6-7,10-11H2,1H3,(H2,17,18). The second-order valence-corrected chi connectivity index (χ2v) is 5.46. The fourth-order valence-corrected chi connectivity index (χ4v) is 3.01. The van der Waals surface area contributed by atoms with Gasteiger partial charge in [-0.05, 0) is 31.9 Å². The van der Waals surface area contributed by atoms with Crippen LogP contribution in [-0.4, -0.2) is 28.9 Å². The van der Waals surface area contributed by atoms with Crippen molar-refractivity contribution in [3.63, 3.8) is 0 Å². The largest absolute Gasteiger partial charge is 0.492 e. The monoisotopic (exact) mass is 289 g/mol. The first-order valence-electron chi connectivity index (χ1n) is 7.78. The van der Waals surface area contributed by atoms with Crippen LogP contribution in [0.1, 0.15) is 32.6 Å². The first kappa shape index (κ1) is 14.2. The summed E-state index contributed by atoms with van der Waals surface area (Å²) in [5, 5.41) is 0. The molecule has 0 bridgehead atoms. The third-order valence-corrected chi connectivity index (χ3v) is 4.04. The van der Waals surface area contributed by atoms with Crippen molar-refractivity contribution in [3.05, 3.63) is 18.2 Å². The summed E-state index contributed by atoms with van der Waals surface area (Å²) >= 11 is 0. The molecule has 3 rings (SSSR count). The van der Waals surface area contributed by atoms with Gasteiger partial charge in [0, 0.05) is 6.54 Å². The molecular formula is C16H23N3O2. The van der Waals surface area contributed by atoms with Gasteiger partial charge in [0.25, 0.3) is 0 Å². The minimum Gasteiger partial charge on any atom is -0.492 e. The third-order valence-electron chi connectivity index (χ3n) is 4.04. The maximum atomic E-state index is 6.05. The number of rotatable bonds is 6. The van der Waals surface area contributed by atoms with Gasteiger partial charge >= 0.3 is 0 Å². The SMILES string of the molecule is CCOc1cccc2c1nc(N)n2CCOC1CCCC1. The van der Waals surface area contributed by atoms with E-state index in [1.807, 2.05) is 29.7 Å². The lowest BCUT2D eigenvalue weighted by atomic mass is 10.3. The zero-order chi connectivity index (χ0) is 14.7. The molecule has 2 aromatic rings. The fourth-order valence-electron chi connectivity index (χ4n) is 3.01. The van der Waals surface area contributed by atoms with Crippen LogP contribution in [0.4, 0.5) is 5.95 Å². The zero-order valence-electron chi connectivity index (χ0n) is 12.5. The molecule has 1 aliphatic rings. The average Bonchev–Trinajstić information content (AvgIpc) is 3.09. The summed E-state index contributed by atoms with van der Waals surface area (Å²) in [6, 6.07) is 5.93. The van der Waals surface area contributed by atoms with Crippen LogP contribution in [0.2, 0.25) is 0 Å². The summed E-state index contributed by atoms with van der Waals surface area (Å²) in [4.78, 5) is 4.44. The van der Waals surface area contributed by atoms with Gasteiger partial charge in [0.1, 0.15) is 11.3 Å². The predicted molar refractivity (Wildman–Crippen MR) is 83.5 cm³/mol. The van der Waals surface area contributed by atoms with E-state index in [0.717, 1.165) is 23.3 Å². The summed E-state index contributed by atoms with van der Waals surface area (Å²) in [7, 11) is 0. The van der Waals surface area contributed by atoms with Crippen LogP contribution in [0.15, 0.2) is 18.2 Å². The van der Waals surface area contributed by atoms with Gasteiger partial charge in [-0.1, -0.05) is 18.9 Å². The number of nitrogens with zero attached hydrogens (tertiary/aromatic N) is 2. The summed E-state index contributed by atoms with van der Waals surface area (Å²) in [5.74, 6) is 1.31. The Morgan fingerprint density at radius 1 is 1.33 bits per heavy atom. The van der Waals surface area contributed by atoms with Crippen LogP contribution in [0.3, 0.4) is 0 Å². The minimum absolute atomic E-state index is 0.431. The first-order valence-corrected chi connectivity index (χ1v) is 7.78. The molecule has 21 heavy (non-hydrogen) atoms. The Morgan fingerprint density at radius 2 is 2.14 bits per heavy atom. The summed E-state index contributed by atoms with van der Waals surface area (Å²) < 4.78 is 13.5. The van der Waals surface area contributed by atoms with Crippen LogP contribution in [0.25, 0.3) is 11.0 Å². The lowest BCUT2D eigenvalue weighted by molar-refractivity contribution is 0.0537. The Hall–Kier alpha value is -1.75.